The fourth-order valence-corrected chi connectivity index (χ4v) is 1.75. The van der Waals surface area contributed by atoms with Crippen LogP contribution in [0.1, 0.15) is 12.7 Å². The van der Waals surface area contributed by atoms with Gasteiger partial charge in [0.25, 0.3) is 0 Å². The van der Waals surface area contributed by atoms with Gasteiger partial charge in [-0.15, -0.1) is 0 Å². The van der Waals surface area contributed by atoms with E-state index in [0.717, 1.165) is 17.8 Å². The van der Waals surface area contributed by atoms with Crippen molar-refractivity contribution < 1.29 is 0 Å². The number of anilines is 1. The topological polar surface area (TPSA) is 125 Å². The van der Waals surface area contributed by atoms with Crippen LogP contribution in [0.25, 0.3) is 11.4 Å². The molecule has 0 aliphatic carbocycles. The van der Waals surface area contributed by atoms with Gasteiger partial charge in [-0.25, -0.2) is 4.98 Å². The van der Waals surface area contributed by atoms with Crippen LogP contribution in [0.4, 0.5) is 5.69 Å². The van der Waals surface area contributed by atoms with E-state index >= 15 is 0 Å². The highest BCUT2D eigenvalue weighted by molar-refractivity contribution is 5.65. The molecule has 22 heavy (non-hydrogen) atoms. The van der Waals surface area contributed by atoms with Crippen LogP contribution in [-0.2, 0) is 6.42 Å². The molecule has 0 fully saturated rings. The van der Waals surface area contributed by atoms with Crippen molar-refractivity contribution in [3.05, 3.63) is 41.4 Å². The largest absolute Gasteiger partial charge is 0.345 e. The lowest BCUT2D eigenvalue weighted by atomic mass is 10.1. The first-order valence-corrected chi connectivity index (χ1v) is 6.45. The van der Waals surface area contributed by atoms with Crippen molar-refractivity contribution in [2.24, 2.45) is 0 Å². The Morgan fingerprint density at radius 3 is 2.59 bits per heavy atom. The number of nitrogens with zero attached hydrogens (tertiary/aromatic N) is 5. The van der Waals surface area contributed by atoms with Crippen molar-refractivity contribution in [3.8, 4) is 29.6 Å². The molecule has 7 heteroatoms. The molecule has 0 spiro atoms. The van der Waals surface area contributed by atoms with E-state index in [4.69, 9.17) is 15.8 Å². The third-order valence-electron chi connectivity index (χ3n) is 2.84. The lowest BCUT2D eigenvalue weighted by Crippen LogP contribution is -2.00. The number of aryl methyl sites for hydroxylation is 1. The van der Waals surface area contributed by atoms with Gasteiger partial charge in [0.05, 0.1) is 0 Å². The molecular weight excluding hydrogens is 278 g/mol. The molecule has 0 unspecified atom stereocenters. The van der Waals surface area contributed by atoms with Crippen LogP contribution in [0.5, 0.6) is 0 Å². The molecule has 106 valence electrons. The van der Waals surface area contributed by atoms with Crippen LogP contribution in [0, 0.1) is 34.0 Å². The van der Waals surface area contributed by atoms with Crippen LogP contribution in [0.2, 0.25) is 0 Å². The van der Waals surface area contributed by atoms with E-state index in [1.54, 1.807) is 30.3 Å². The maximum absolute atomic E-state index is 9.04. The Hall–Kier alpha value is -3.63. The summed E-state index contributed by atoms with van der Waals surface area (Å²) in [5.41, 5.74) is 0.971. The Labute approximate surface area is 127 Å². The number of nitriles is 3. The van der Waals surface area contributed by atoms with Gasteiger partial charge >= 0.3 is 0 Å². The van der Waals surface area contributed by atoms with Gasteiger partial charge in [0.15, 0.2) is 11.4 Å². The van der Waals surface area contributed by atoms with Crippen LogP contribution in [-0.4, -0.2) is 15.2 Å². The zero-order chi connectivity index (χ0) is 15.9. The summed E-state index contributed by atoms with van der Waals surface area (Å²) in [6, 6.07) is 12.2. The number of benzene rings is 1. The molecule has 1 heterocycles. The Kier molecular flexibility index (Phi) is 4.49. The van der Waals surface area contributed by atoms with Gasteiger partial charge in [-0.1, -0.05) is 19.1 Å². The van der Waals surface area contributed by atoms with Gasteiger partial charge in [0, 0.05) is 17.7 Å². The first kappa shape index (κ1) is 14.8. The SMILES string of the molecule is CCc1nc(-c2cccc(NC(C#N)=C(C#N)C#N)c2)n[nH]1. The quantitative estimate of drug-likeness (QED) is 0.831. The Balaban J connectivity index is 2.34. The van der Waals surface area contributed by atoms with E-state index in [2.05, 4.69) is 20.5 Å². The van der Waals surface area contributed by atoms with E-state index in [-0.39, 0.29) is 11.3 Å². The highest BCUT2D eigenvalue weighted by atomic mass is 15.2. The maximum Gasteiger partial charge on any atom is 0.181 e. The summed E-state index contributed by atoms with van der Waals surface area (Å²) in [5.74, 6) is 1.32. The molecule has 7 nitrogen and oxygen atoms in total. The van der Waals surface area contributed by atoms with Crippen molar-refractivity contribution >= 4 is 5.69 Å². The number of aromatic amines is 1. The summed E-state index contributed by atoms with van der Waals surface area (Å²) in [6.45, 7) is 1.97. The van der Waals surface area contributed by atoms with Crippen molar-refractivity contribution in [1.82, 2.24) is 15.2 Å². The zero-order valence-corrected chi connectivity index (χ0v) is 11.8. The molecular formula is C15H11N7. The molecule has 1 aromatic carbocycles. The normalized spacial score (nSPS) is 9.18. The summed E-state index contributed by atoms with van der Waals surface area (Å²) in [7, 11) is 0. The van der Waals surface area contributed by atoms with Gasteiger partial charge in [-0.3, -0.25) is 5.10 Å². The number of rotatable bonds is 4. The second-order valence-corrected chi connectivity index (χ2v) is 4.25. The van der Waals surface area contributed by atoms with Crippen molar-refractivity contribution in [3.63, 3.8) is 0 Å². The van der Waals surface area contributed by atoms with Crippen molar-refractivity contribution in [2.45, 2.75) is 13.3 Å². The fourth-order valence-electron chi connectivity index (χ4n) is 1.75. The Morgan fingerprint density at radius 2 is 2.00 bits per heavy atom. The van der Waals surface area contributed by atoms with Gasteiger partial charge in [0.2, 0.25) is 0 Å². The molecule has 0 saturated heterocycles. The number of H-pyrrole nitrogens is 1. The smallest absolute Gasteiger partial charge is 0.181 e. The summed E-state index contributed by atoms with van der Waals surface area (Å²) in [6.07, 6.45) is 0.750. The first-order chi connectivity index (χ1) is 10.7. The van der Waals surface area contributed by atoms with E-state index in [1.165, 1.54) is 0 Å². The minimum Gasteiger partial charge on any atom is -0.345 e. The van der Waals surface area contributed by atoms with Crippen LogP contribution in [0.3, 0.4) is 0 Å². The Morgan fingerprint density at radius 1 is 1.23 bits per heavy atom. The molecule has 2 aromatic rings. The van der Waals surface area contributed by atoms with Crippen LogP contribution < -0.4 is 5.32 Å². The highest BCUT2D eigenvalue weighted by Crippen LogP contribution is 2.21. The van der Waals surface area contributed by atoms with Crippen LogP contribution >= 0.6 is 0 Å². The van der Waals surface area contributed by atoms with Gasteiger partial charge < -0.3 is 5.32 Å². The minimum atomic E-state index is -0.265. The second kappa shape index (κ2) is 6.69. The minimum absolute atomic E-state index is 0.0913. The molecule has 0 aliphatic rings. The number of hydrogen-bond acceptors (Lipinski definition) is 6. The molecule has 0 bridgehead atoms. The fraction of sp³-hybridized carbons (Fsp3) is 0.133. The number of nitrogens with one attached hydrogen (secondary N) is 2. The standard InChI is InChI=1S/C15H11N7/c1-2-14-20-15(22-21-14)10-4-3-5-12(6-10)19-13(9-18)11(7-16)8-17/h3-6,19H,2H2,1H3,(H,20,21,22). The lowest BCUT2D eigenvalue weighted by molar-refractivity contribution is 0.946. The second-order valence-electron chi connectivity index (χ2n) is 4.25. The van der Waals surface area contributed by atoms with Crippen molar-refractivity contribution in [2.75, 3.05) is 5.32 Å². The maximum atomic E-state index is 9.04. The van der Waals surface area contributed by atoms with Gasteiger partial charge in [-0.2, -0.15) is 20.9 Å². The van der Waals surface area contributed by atoms with E-state index in [9.17, 15) is 0 Å². The summed E-state index contributed by atoms with van der Waals surface area (Å²) in [5, 5.41) is 36.4. The summed E-state index contributed by atoms with van der Waals surface area (Å²) < 4.78 is 0. The molecule has 0 radical (unpaired) electrons. The van der Waals surface area contributed by atoms with E-state index < -0.39 is 0 Å². The van der Waals surface area contributed by atoms with Gasteiger partial charge in [0.1, 0.15) is 29.7 Å². The number of aromatic nitrogens is 3. The van der Waals surface area contributed by atoms with Gasteiger partial charge in [-0.05, 0) is 12.1 Å². The van der Waals surface area contributed by atoms with E-state index in [1.807, 2.05) is 19.1 Å². The van der Waals surface area contributed by atoms with Crippen molar-refractivity contribution in [1.29, 1.82) is 15.8 Å². The Bertz CT molecular complexity index is 824. The third kappa shape index (κ3) is 3.09. The predicted octanol–water partition coefficient (Wildman–Crippen LogP) is 2.27. The molecule has 1 aromatic heterocycles. The molecule has 2 rings (SSSR count). The average molecular weight is 289 g/mol. The highest BCUT2D eigenvalue weighted by Gasteiger charge is 2.09. The van der Waals surface area contributed by atoms with Crippen LogP contribution in [0.15, 0.2) is 35.5 Å². The molecule has 2 N–H and O–H groups in total. The molecule has 0 amide bonds. The summed E-state index contributed by atoms with van der Waals surface area (Å²) in [4.78, 5) is 4.33. The molecule has 0 aliphatic heterocycles. The monoisotopic (exact) mass is 289 g/mol. The zero-order valence-electron chi connectivity index (χ0n) is 11.8. The third-order valence-corrected chi connectivity index (χ3v) is 2.84. The predicted molar refractivity (Wildman–Crippen MR) is 78.7 cm³/mol. The lowest BCUT2D eigenvalue weighted by Gasteiger charge is -2.05. The molecule has 0 atom stereocenters. The number of allylic oxidation sites excluding steroid dienone is 2. The first-order valence-electron chi connectivity index (χ1n) is 6.45. The molecule has 0 saturated carbocycles. The number of hydrogen-bond donors (Lipinski definition) is 2. The van der Waals surface area contributed by atoms with E-state index in [0.29, 0.717) is 11.5 Å². The average Bonchev–Trinajstić information content (AvgIpc) is 3.04. The summed E-state index contributed by atoms with van der Waals surface area (Å²) >= 11 is 0.